The Kier molecular flexibility index (Phi) is 8.84. The van der Waals surface area contributed by atoms with Crippen molar-refractivity contribution in [3.05, 3.63) is 47.8 Å². The van der Waals surface area contributed by atoms with Crippen LogP contribution in [-0.4, -0.2) is 78.9 Å². The maximum absolute atomic E-state index is 13.6. The number of esters is 3. The molecular formula is C26H27FN4O9. The topological polar surface area (TPSA) is 152 Å². The summed E-state index contributed by atoms with van der Waals surface area (Å²) >= 11 is 0. The molecule has 1 aliphatic rings. The van der Waals surface area contributed by atoms with Gasteiger partial charge in [0.15, 0.2) is 11.5 Å². The number of carbonyl (C=O) groups excluding carboxylic acids is 6. The number of carbonyl (C=O) groups is 6. The van der Waals surface area contributed by atoms with Gasteiger partial charge in [-0.3, -0.25) is 38.7 Å². The minimum absolute atomic E-state index is 0.235. The van der Waals surface area contributed by atoms with Gasteiger partial charge in [0, 0.05) is 39.1 Å². The normalized spacial score (nSPS) is 17.0. The number of nitrogens with zero attached hydrogens (tertiary/aromatic N) is 3. The highest BCUT2D eigenvalue weighted by Crippen LogP contribution is 2.39. The Bertz CT molecular complexity index is 1340. The zero-order valence-corrected chi connectivity index (χ0v) is 22.5. The molecule has 13 nitrogen and oxygen atoms in total. The van der Waals surface area contributed by atoms with E-state index in [1.54, 1.807) is 14.1 Å². The average Bonchev–Trinajstić information content (AvgIpc) is 2.85. The summed E-state index contributed by atoms with van der Waals surface area (Å²) in [7, 11) is 4.40. The summed E-state index contributed by atoms with van der Waals surface area (Å²) in [5.41, 5.74) is 0.0327. The fourth-order valence-corrected chi connectivity index (χ4v) is 4.02. The van der Waals surface area contributed by atoms with Crippen LogP contribution in [0.2, 0.25) is 0 Å². The lowest BCUT2D eigenvalue weighted by atomic mass is 10.1. The van der Waals surface area contributed by atoms with Crippen molar-refractivity contribution in [1.29, 1.82) is 0 Å². The van der Waals surface area contributed by atoms with Gasteiger partial charge in [0.25, 0.3) is 11.8 Å². The Hall–Kier alpha value is -4.85. The van der Waals surface area contributed by atoms with Crippen LogP contribution < -0.4 is 24.4 Å². The Balaban J connectivity index is 2.08. The number of amides is 4. The van der Waals surface area contributed by atoms with E-state index >= 15 is 0 Å². The van der Waals surface area contributed by atoms with E-state index in [0.717, 1.165) is 49.9 Å². The highest BCUT2D eigenvalue weighted by atomic mass is 19.1. The lowest BCUT2D eigenvalue weighted by Gasteiger charge is -2.46. The van der Waals surface area contributed by atoms with E-state index in [1.165, 1.54) is 29.0 Å². The molecule has 3 rings (SSSR count). The first-order valence-corrected chi connectivity index (χ1v) is 11.8. The van der Waals surface area contributed by atoms with E-state index in [1.807, 2.05) is 0 Å². The van der Waals surface area contributed by atoms with E-state index in [9.17, 15) is 33.2 Å². The first-order chi connectivity index (χ1) is 18.7. The number of ether oxygens (including phenoxy) is 3. The summed E-state index contributed by atoms with van der Waals surface area (Å²) in [6.45, 7) is 3.19. The second-order valence-electron chi connectivity index (χ2n) is 8.94. The number of urea groups is 1. The van der Waals surface area contributed by atoms with Gasteiger partial charge in [-0.2, -0.15) is 0 Å². The van der Waals surface area contributed by atoms with Crippen molar-refractivity contribution in [3.63, 3.8) is 0 Å². The van der Waals surface area contributed by atoms with Gasteiger partial charge >= 0.3 is 23.9 Å². The molecule has 2 unspecified atom stereocenters. The molecule has 0 aromatic heterocycles. The number of likely N-dealkylation sites (N-methyl/N-ethyl adjacent to an activating group) is 2. The monoisotopic (exact) mass is 558 g/mol. The van der Waals surface area contributed by atoms with E-state index in [0.29, 0.717) is 0 Å². The SMILES string of the molecule is CC(=O)Oc1cc(C(=O)NC2C(=O)N(C)C(=O)N(c3ccc(F)cc3)C2N(C)C)cc(OC(C)=O)c1OC(C)=O. The summed E-state index contributed by atoms with van der Waals surface area (Å²) < 4.78 is 28.8. The van der Waals surface area contributed by atoms with Gasteiger partial charge in [0.2, 0.25) is 5.75 Å². The second-order valence-corrected chi connectivity index (χ2v) is 8.94. The molecule has 14 heteroatoms. The fraction of sp³-hybridized carbons (Fsp3) is 0.308. The van der Waals surface area contributed by atoms with E-state index in [2.05, 4.69) is 5.32 Å². The third kappa shape index (κ3) is 6.40. The molecule has 0 bridgehead atoms. The zero-order valence-electron chi connectivity index (χ0n) is 22.5. The predicted molar refractivity (Wildman–Crippen MR) is 136 cm³/mol. The van der Waals surface area contributed by atoms with E-state index < -0.39 is 71.0 Å². The van der Waals surface area contributed by atoms with E-state index in [4.69, 9.17) is 14.2 Å². The summed E-state index contributed by atoms with van der Waals surface area (Å²) in [6.07, 6.45) is -1.05. The van der Waals surface area contributed by atoms with Crippen molar-refractivity contribution in [2.45, 2.75) is 33.0 Å². The summed E-state index contributed by atoms with van der Waals surface area (Å²) in [5.74, 6) is -5.85. The number of nitrogens with one attached hydrogen (secondary N) is 1. The second kappa shape index (κ2) is 11.9. The highest BCUT2D eigenvalue weighted by molar-refractivity contribution is 6.10. The largest absolute Gasteiger partial charge is 0.423 e. The number of anilines is 1. The fourth-order valence-electron chi connectivity index (χ4n) is 4.02. The number of imide groups is 1. The van der Waals surface area contributed by atoms with Crippen molar-refractivity contribution in [1.82, 2.24) is 15.1 Å². The summed E-state index contributed by atoms with van der Waals surface area (Å²) in [6, 6.07) is 5.10. The van der Waals surface area contributed by atoms with Gasteiger partial charge < -0.3 is 19.5 Å². The molecule has 1 aliphatic heterocycles. The van der Waals surface area contributed by atoms with Crippen LogP contribution in [0.5, 0.6) is 17.2 Å². The van der Waals surface area contributed by atoms with Gasteiger partial charge in [0.05, 0.1) is 0 Å². The third-order valence-electron chi connectivity index (χ3n) is 5.61. The molecule has 2 atom stereocenters. The van der Waals surface area contributed by atoms with Crippen molar-refractivity contribution < 1.29 is 47.4 Å². The molecule has 0 spiro atoms. The molecule has 2 aromatic carbocycles. The molecule has 1 saturated heterocycles. The average molecular weight is 559 g/mol. The van der Waals surface area contributed by atoms with E-state index in [-0.39, 0.29) is 11.3 Å². The van der Waals surface area contributed by atoms with Gasteiger partial charge in [-0.25, -0.2) is 9.18 Å². The molecule has 212 valence electrons. The number of benzene rings is 2. The van der Waals surface area contributed by atoms with Crippen LogP contribution >= 0.6 is 0 Å². The predicted octanol–water partition coefficient (Wildman–Crippen LogP) is 1.69. The molecule has 0 aliphatic carbocycles. The van der Waals surface area contributed by atoms with Gasteiger partial charge in [-0.1, -0.05) is 0 Å². The van der Waals surface area contributed by atoms with Gasteiger partial charge in [-0.15, -0.1) is 0 Å². The first-order valence-electron chi connectivity index (χ1n) is 11.8. The van der Waals surface area contributed by atoms with Crippen molar-refractivity contribution in [2.75, 3.05) is 26.0 Å². The Morgan fingerprint density at radius 1 is 0.875 bits per heavy atom. The Morgan fingerprint density at radius 2 is 1.38 bits per heavy atom. The standard InChI is InChI=1S/C26H27FN4O9/c1-13(32)38-19-11-16(12-20(39-14(2)33)22(19)40-15(3)34)23(35)28-21-24(29(4)5)31(26(37)30(6)25(21)36)18-9-7-17(27)8-10-18/h7-12,21,24H,1-6H3,(H,28,35). The number of hydrogen-bond donors (Lipinski definition) is 1. The number of rotatable bonds is 7. The van der Waals surface area contributed by atoms with Crippen molar-refractivity contribution in [2.24, 2.45) is 0 Å². The van der Waals surface area contributed by atoms with Crippen LogP contribution in [-0.2, 0) is 19.2 Å². The van der Waals surface area contributed by atoms with Gasteiger partial charge in [0.1, 0.15) is 18.0 Å². The van der Waals surface area contributed by atoms with Crippen molar-refractivity contribution in [3.8, 4) is 17.2 Å². The Morgan fingerprint density at radius 3 is 1.82 bits per heavy atom. The smallest absolute Gasteiger partial charge is 0.332 e. The molecule has 40 heavy (non-hydrogen) atoms. The lowest BCUT2D eigenvalue weighted by Crippen LogP contribution is -2.71. The Labute approximate surface area is 228 Å². The van der Waals surface area contributed by atoms with Crippen LogP contribution in [0.1, 0.15) is 31.1 Å². The summed E-state index contributed by atoms with van der Waals surface area (Å²) in [4.78, 5) is 78.5. The van der Waals surface area contributed by atoms with Crippen LogP contribution in [0.25, 0.3) is 0 Å². The molecule has 1 N–H and O–H groups in total. The molecular weight excluding hydrogens is 531 g/mol. The quantitative estimate of drug-likeness (QED) is 0.393. The minimum atomic E-state index is -1.34. The molecule has 0 saturated carbocycles. The lowest BCUT2D eigenvalue weighted by molar-refractivity contribution is -0.135. The number of halogens is 1. The molecule has 1 fully saturated rings. The van der Waals surface area contributed by atoms with Crippen molar-refractivity contribution >= 4 is 41.4 Å². The summed E-state index contributed by atoms with van der Waals surface area (Å²) in [5, 5.41) is 2.57. The number of hydrogen-bond acceptors (Lipinski definition) is 10. The third-order valence-corrected chi connectivity index (χ3v) is 5.61. The molecule has 0 radical (unpaired) electrons. The van der Waals surface area contributed by atoms with Crippen LogP contribution in [0.15, 0.2) is 36.4 Å². The van der Waals surface area contributed by atoms with Crippen LogP contribution in [0.3, 0.4) is 0 Å². The molecule has 4 amide bonds. The first kappa shape index (κ1) is 29.7. The highest BCUT2D eigenvalue weighted by Gasteiger charge is 2.47. The van der Waals surface area contributed by atoms with Crippen LogP contribution in [0, 0.1) is 5.82 Å². The molecule has 1 heterocycles. The van der Waals surface area contributed by atoms with Crippen LogP contribution in [0.4, 0.5) is 14.9 Å². The maximum Gasteiger partial charge on any atom is 0.332 e. The molecule has 2 aromatic rings. The van der Waals surface area contributed by atoms with Gasteiger partial charge in [-0.05, 0) is 50.5 Å². The zero-order chi connectivity index (χ0) is 29.9. The maximum atomic E-state index is 13.6. The minimum Gasteiger partial charge on any atom is -0.423 e.